The van der Waals surface area contributed by atoms with Crippen LogP contribution in [0.2, 0.25) is 10.0 Å². The summed E-state index contributed by atoms with van der Waals surface area (Å²) in [6.45, 7) is 2.76. The van der Waals surface area contributed by atoms with Gasteiger partial charge >= 0.3 is 0 Å². The van der Waals surface area contributed by atoms with E-state index in [1.807, 2.05) is 6.07 Å². The monoisotopic (exact) mass is 330 g/mol. The number of halogens is 2. The second-order valence-electron chi connectivity index (χ2n) is 4.78. The van der Waals surface area contributed by atoms with Crippen LogP contribution < -0.4 is 5.32 Å². The number of hydrogen-bond donors (Lipinski definition) is 1. The number of amides is 2. The number of nitrogens with one attached hydrogen (secondary N) is 1. The minimum atomic E-state index is -0.241. The Kier molecular flexibility index (Phi) is 5.45. The van der Waals surface area contributed by atoms with Crippen LogP contribution in [0.4, 0.5) is 0 Å². The molecule has 1 aromatic rings. The Hall–Kier alpha value is -1.30. The molecule has 1 fully saturated rings. The van der Waals surface area contributed by atoms with Crippen molar-refractivity contribution in [3.8, 4) is 0 Å². The van der Waals surface area contributed by atoms with Crippen LogP contribution in [0.5, 0.6) is 0 Å². The lowest BCUT2D eigenvalue weighted by atomic mass is 10.1. The van der Waals surface area contributed by atoms with Gasteiger partial charge in [-0.2, -0.15) is 0 Å². The summed E-state index contributed by atoms with van der Waals surface area (Å²) in [5.74, 6) is -0.351. The minimum absolute atomic E-state index is 0.00340. The fourth-order valence-electron chi connectivity index (χ4n) is 2.10. The summed E-state index contributed by atoms with van der Waals surface area (Å²) in [7, 11) is 0. The van der Waals surface area contributed by atoms with Gasteiger partial charge in [-0.05, 0) is 17.7 Å². The van der Waals surface area contributed by atoms with Gasteiger partial charge < -0.3 is 15.0 Å². The number of morpholine rings is 1. The molecular weight excluding hydrogens is 315 g/mol. The summed E-state index contributed by atoms with van der Waals surface area (Å²) >= 11 is 11.9. The first-order valence-corrected chi connectivity index (χ1v) is 7.31. The van der Waals surface area contributed by atoms with Crippen LogP contribution in [0.15, 0.2) is 18.2 Å². The smallest absolute Gasteiger partial charge is 0.242 e. The van der Waals surface area contributed by atoms with Crippen molar-refractivity contribution in [2.24, 2.45) is 0 Å². The Morgan fingerprint density at radius 3 is 2.81 bits per heavy atom. The zero-order valence-corrected chi connectivity index (χ0v) is 13.1. The highest BCUT2D eigenvalue weighted by Crippen LogP contribution is 2.28. The molecule has 21 heavy (non-hydrogen) atoms. The van der Waals surface area contributed by atoms with Gasteiger partial charge in [0.1, 0.15) is 6.10 Å². The van der Waals surface area contributed by atoms with Crippen molar-refractivity contribution in [3.63, 3.8) is 0 Å². The number of hydrogen-bond acceptors (Lipinski definition) is 3. The van der Waals surface area contributed by atoms with E-state index in [1.165, 1.54) is 6.92 Å². The number of ether oxygens (including phenoxy) is 1. The molecule has 2 rings (SSSR count). The molecule has 0 aliphatic carbocycles. The fourth-order valence-corrected chi connectivity index (χ4v) is 2.41. The van der Waals surface area contributed by atoms with Crippen molar-refractivity contribution in [2.75, 3.05) is 26.2 Å². The van der Waals surface area contributed by atoms with Gasteiger partial charge in [0.25, 0.3) is 0 Å². The van der Waals surface area contributed by atoms with E-state index in [9.17, 15) is 9.59 Å². The second-order valence-corrected chi connectivity index (χ2v) is 5.60. The van der Waals surface area contributed by atoms with Gasteiger partial charge in [0, 0.05) is 13.5 Å². The third kappa shape index (κ3) is 4.33. The second kappa shape index (κ2) is 7.11. The van der Waals surface area contributed by atoms with E-state index >= 15 is 0 Å². The number of carbonyl (C=O) groups is 2. The van der Waals surface area contributed by atoms with E-state index in [-0.39, 0.29) is 24.5 Å². The van der Waals surface area contributed by atoms with Crippen LogP contribution in [0.1, 0.15) is 18.6 Å². The van der Waals surface area contributed by atoms with E-state index in [0.29, 0.717) is 29.7 Å². The lowest BCUT2D eigenvalue weighted by Crippen LogP contribution is -2.46. The Bertz CT molecular complexity index is 551. The van der Waals surface area contributed by atoms with Crippen LogP contribution in [-0.4, -0.2) is 43.0 Å². The van der Waals surface area contributed by atoms with Crippen LogP contribution in [0.25, 0.3) is 0 Å². The van der Waals surface area contributed by atoms with Gasteiger partial charge in [-0.15, -0.1) is 0 Å². The zero-order chi connectivity index (χ0) is 15.4. The molecule has 0 radical (unpaired) electrons. The van der Waals surface area contributed by atoms with E-state index in [4.69, 9.17) is 27.9 Å². The molecule has 0 spiro atoms. The Balaban J connectivity index is 2.01. The molecule has 0 bridgehead atoms. The number of nitrogens with zero attached hydrogens (tertiary/aromatic N) is 1. The lowest BCUT2D eigenvalue weighted by Gasteiger charge is -2.33. The van der Waals surface area contributed by atoms with Crippen LogP contribution >= 0.6 is 23.2 Å². The van der Waals surface area contributed by atoms with E-state index in [1.54, 1.807) is 17.0 Å². The molecule has 114 valence electrons. The van der Waals surface area contributed by atoms with Crippen LogP contribution in [0.3, 0.4) is 0 Å². The van der Waals surface area contributed by atoms with Crippen LogP contribution in [0, 0.1) is 0 Å². The summed E-state index contributed by atoms with van der Waals surface area (Å²) < 4.78 is 5.68. The minimum Gasteiger partial charge on any atom is -0.370 e. The Morgan fingerprint density at radius 2 is 2.14 bits per heavy atom. The predicted molar refractivity (Wildman–Crippen MR) is 80.4 cm³/mol. The normalized spacial score (nSPS) is 18.4. The van der Waals surface area contributed by atoms with Crippen molar-refractivity contribution in [2.45, 2.75) is 13.0 Å². The highest BCUT2D eigenvalue weighted by Gasteiger charge is 2.25. The molecule has 0 saturated carbocycles. The molecule has 2 amide bonds. The third-order valence-electron chi connectivity index (χ3n) is 3.22. The van der Waals surface area contributed by atoms with Gasteiger partial charge in [0.05, 0.1) is 29.7 Å². The highest BCUT2D eigenvalue weighted by atomic mass is 35.5. The first kappa shape index (κ1) is 16.1. The van der Waals surface area contributed by atoms with Crippen molar-refractivity contribution in [1.29, 1.82) is 0 Å². The third-order valence-corrected chi connectivity index (χ3v) is 3.96. The SMILES string of the molecule is CC(=O)NCC(=O)N1CCO[C@H](c2ccc(Cl)c(Cl)c2)C1. The topological polar surface area (TPSA) is 58.6 Å². The maximum Gasteiger partial charge on any atom is 0.242 e. The molecule has 0 aromatic heterocycles. The summed E-state index contributed by atoms with van der Waals surface area (Å²) in [6.07, 6.45) is -0.241. The first-order valence-electron chi connectivity index (χ1n) is 6.56. The molecule has 1 heterocycles. The van der Waals surface area contributed by atoms with Gasteiger partial charge in [-0.3, -0.25) is 9.59 Å². The molecule has 0 unspecified atom stereocenters. The molecule has 1 N–H and O–H groups in total. The largest absolute Gasteiger partial charge is 0.370 e. The maximum absolute atomic E-state index is 12.0. The summed E-state index contributed by atoms with van der Waals surface area (Å²) in [5.41, 5.74) is 0.876. The summed E-state index contributed by atoms with van der Waals surface area (Å²) in [5, 5.41) is 3.44. The molecule has 5 nitrogen and oxygen atoms in total. The molecule has 1 aliphatic heterocycles. The van der Waals surface area contributed by atoms with Crippen molar-refractivity contribution in [3.05, 3.63) is 33.8 Å². The quantitative estimate of drug-likeness (QED) is 0.922. The molecule has 1 aromatic carbocycles. The lowest BCUT2D eigenvalue weighted by molar-refractivity contribution is -0.139. The number of benzene rings is 1. The van der Waals surface area contributed by atoms with Crippen molar-refractivity contribution in [1.82, 2.24) is 10.2 Å². The average molecular weight is 331 g/mol. The molecular formula is C14H16Cl2N2O3. The zero-order valence-electron chi connectivity index (χ0n) is 11.6. The summed E-state index contributed by atoms with van der Waals surface area (Å²) in [6, 6.07) is 5.29. The van der Waals surface area contributed by atoms with Gasteiger partial charge in [-0.1, -0.05) is 29.3 Å². The van der Waals surface area contributed by atoms with Crippen molar-refractivity contribution >= 4 is 35.0 Å². The standard InChI is InChI=1S/C14H16Cl2N2O3/c1-9(19)17-7-14(20)18-4-5-21-13(8-18)10-2-3-11(15)12(16)6-10/h2-3,6,13H,4-5,7-8H2,1H3,(H,17,19)/t13-/m0/s1. The Labute approximate surface area is 133 Å². The van der Waals surface area contributed by atoms with E-state index in [2.05, 4.69) is 5.32 Å². The highest BCUT2D eigenvalue weighted by molar-refractivity contribution is 6.42. The predicted octanol–water partition coefficient (Wildman–Crippen LogP) is 2.03. The number of rotatable bonds is 3. The molecule has 1 saturated heterocycles. The van der Waals surface area contributed by atoms with Gasteiger partial charge in [0.2, 0.25) is 11.8 Å². The first-order chi connectivity index (χ1) is 9.97. The van der Waals surface area contributed by atoms with Crippen LogP contribution in [-0.2, 0) is 14.3 Å². The molecule has 1 aliphatic rings. The average Bonchev–Trinajstić information content (AvgIpc) is 2.47. The van der Waals surface area contributed by atoms with E-state index in [0.717, 1.165) is 5.56 Å². The fraction of sp³-hybridized carbons (Fsp3) is 0.429. The van der Waals surface area contributed by atoms with E-state index < -0.39 is 0 Å². The van der Waals surface area contributed by atoms with Gasteiger partial charge in [-0.25, -0.2) is 0 Å². The molecule has 1 atom stereocenters. The maximum atomic E-state index is 12.0. The molecule has 7 heteroatoms. The van der Waals surface area contributed by atoms with Gasteiger partial charge in [0.15, 0.2) is 0 Å². The summed E-state index contributed by atoms with van der Waals surface area (Å²) in [4.78, 5) is 24.5. The number of carbonyl (C=O) groups excluding carboxylic acids is 2. The van der Waals surface area contributed by atoms with Crippen molar-refractivity contribution < 1.29 is 14.3 Å². The Morgan fingerprint density at radius 1 is 1.38 bits per heavy atom.